The Morgan fingerprint density at radius 2 is 2.12 bits per heavy atom. The molecule has 0 unspecified atom stereocenters. The fourth-order valence-corrected chi connectivity index (χ4v) is 3.15. The summed E-state index contributed by atoms with van der Waals surface area (Å²) in [5.41, 5.74) is 1.26. The van der Waals surface area contributed by atoms with Crippen LogP contribution in [0.2, 0.25) is 5.02 Å². The number of para-hydroxylation sites is 1. The Balaban J connectivity index is 1.59. The van der Waals surface area contributed by atoms with E-state index in [0.29, 0.717) is 43.3 Å². The van der Waals surface area contributed by atoms with Crippen molar-refractivity contribution < 1.29 is 14.3 Å². The molecule has 3 rings (SSSR count). The molecule has 0 spiro atoms. The van der Waals surface area contributed by atoms with Gasteiger partial charge < -0.3 is 19.9 Å². The van der Waals surface area contributed by atoms with Crippen LogP contribution in [-0.4, -0.2) is 47.6 Å². The quantitative estimate of drug-likeness (QED) is 0.893. The van der Waals surface area contributed by atoms with Crippen molar-refractivity contribution in [2.45, 2.75) is 25.8 Å². The highest BCUT2D eigenvalue weighted by atomic mass is 35.5. The first-order valence-corrected chi connectivity index (χ1v) is 8.46. The molecule has 1 aromatic heterocycles. The molecule has 1 saturated heterocycles. The van der Waals surface area contributed by atoms with E-state index in [2.05, 4.69) is 10.3 Å². The number of nitrogens with one attached hydrogen (secondary N) is 2. The van der Waals surface area contributed by atoms with Crippen molar-refractivity contribution in [1.82, 2.24) is 15.2 Å². The Labute approximate surface area is 145 Å². The lowest BCUT2D eigenvalue weighted by Crippen LogP contribution is -2.46. The Morgan fingerprint density at radius 3 is 2.79 bits per heavy atom. The van der Waals surface area contributed by atoms with E-state index in [0.717, 1.165) is 10.9 Å². The lowest BCUT2D eigenvalue weighted by atomic mass is 10.1. The number of carbonyl (C=O) groups excluding carboxylic acids is 2. The number of likely N-dealkylation sites (tertiary alicyclic amines) is 1. The van der Waals surface area contributed by atoms with E-state index in [1.165, 1.54) is 0 Å². The number of piperidine rings is 1. The standard InChI is InChI=1S/C17H20ClN3O3/c1-2-24-17(23)21-8-6-12(7-9-21)19-16(22)14-10-11-4-3-5-13(18)15(11)20-14/h3-5,10,12,20H,2,6-9H2,1H3,(H,19,22). The average molecular weight is 350 g/mol. The number of rotatable bonds is 3. The molecule has 0 atom stereocenters. The van der Waals surface area contributed by atoms with Crippen molar-refractivity contribution in [3.8, 4) is 0 Å². The summed E-state index contributed by atoms with van der Waals surface area (Å²) >= 11 is 6.13. The van der Waals surface area contributed by atoms with Gasteiger partial charge >= 0.3 is 6.09 Å². The van der Waals surface area contributed by atoms with Crippen LogP contribution in [0.25, 0.3) is 10.9 Å². The van der Waals surface area contributed by atoms with Crippen LogP contribution in [0.5, 0.6) is 0 Å². The molecule has 1 aliphatic heterocycles. The molecule has 128 valence electrons. The molecule has 2 heterocycles. The predicted octanol–water partition coefficient (Wildman–Crippen LogP) is 3.17. The van der Waals surface area contributed by atoms with Crippen molar-refractivity contribution in [1.29, 1.82) is 0 Å². The summed E-state index contributed by atoms with van der Waals surface area (Å²) in [5.74, 6) is -0.156. The van der Waals surface area contributed by atoms with E-state index in [1.807, 2.05) is 12.1 Å². The van der Waals surface area contributed by atoms with E-state index >= 15 is 0 Å². The summed E-state index contributed by atoms with van der Waals surface area (Å²) in [6.45, 7) is 3.33. The lowest BCUT2D eigenvalue weighted by molar-refractivity contribution is 0.0857. The van der Waals surface area contributed by atoms with Crippen molar-refractivity contribution in [2.24, 2.45) is 0 Å². The van der Waals surface area contributed by atoms with Crippen LogP contribution < -0.4 is 5.32 Å². The minimum Gasteiger partial charge on any atom is -0.450 e. The number of ether oxygens (including phenoxy) is 1. The lowest BCUT2D eigenvalue weighted by Gasteiger charge is -2.31. The van der Waals surface area contributed by atoms with Gasteiger partial charge in [0.15, 0.2) is 0 Å². The van der Waals surface area contributed by atoms with Gasteiger partial charge in [-0.2, -0.15) is 0 Å². The fourth-order valence-electron chi connectivity index (χ4n) is 2.93. The first-order valence-electron chi connectivity index (χ1n) is 8.08. The van der Waals surface area contributed by atoms with Crippen LogP contribution in [0.1, 0.15) is 30.3 Å². The number of benzene rings is 1. The van der Waals surface area contributed by atoms with Crippen LogP contribution in [0.4, 0.5) is 4.79 Å². The molecule has 2 aromatic rings. The third-order valence-corrected chi connectivity index (χ3v) is 4.52. The van der Waals surface area contributed by atoms with E-state index < -0.39 is 0 Å². The number of nitrogens with zero attached hydrogens (tertiary/aromatic N) is 1. The normalized spacial score (nSPS) is 15.5. The number of hydrogen-bond donors (Lipinski definition) is 2. The first kappa shape index (κ1) is 16.6. The molecule has 0 radical (unpaired) electrons. The van der Waals surface area contributed by atoms with Crippen molar-refractivity contribution >= 4 is 34.5 Å². The largest absolute Gasteiger partial charge is 0.450 e. The number of carbonyl (C=O) groups is 2. The van der Waals surface area contributed by atoms with Gasteiger partial charge in [-0.1, -0.05) is 23.7 Å². The van der Waals surface area contributed by atoms with Crippen molar-refractivity contribution in [3.63, 3.8) is 0 Å². The number of aromatic amines is 1. The highest BCUT2D eigenvalue weighted by Crippen LogP contribution is 2.23. The second-order valence-corrected chi connectivity index (χ2v) is 6.23. The van der Waals surface area contributed by atoms with Crippen LogP contribution in [-0.2, 0) is 4.74 Å². The van der Waals surface area contributed by atoms with Gasteiger partial charge in [-0.3, -0.25) is 4.79 Å². The maximum Gasteiger partial charge on any atom is 0.409 e. The van der Waals surface area contributed by atoms with E-state index in [4.69, 9.17) is 16.3 Å². The maximum atomic E-state index is 12.4. The molecule has 1 aromatic carbocycles. The van der Waals surface area contributed by atoms with Gasteiger partial charge in [0.1, 0.15) is 5.69 Å². The number of amides is 2. The molecule has 1 aliphatic rings. The molecule has 2 amide bonds. The molecular weight excluding hydrogens is 330 g/mol. The third kappa shape index (κ3) is 3.48. The second kappa shape index (κ2) is 7.13. The van der Waals surface area contributed by atoms with Crippen molar-refractivity contribution in [2.75, 3.05) is 19.7 Å². The number of halogens is 1. The summed E-state index contributed by atoms with van der Waals surface area (Å²) in [5, 5.41) is 4.51. The maximum absolute atomic E-state index is 12.4. The van der Waals surface area contributed by atoms with E-state index in [9.17, 15) is 9.59 Å². The zero-order valence-electron chi connectivity index (χ0n) is 13.5. The van der Waals surface area contributed by atoms with Crippen LogP contribution >= 0.6 is 11.6 Å². The SMILES string of the molecule is CCOC(=O)N1CCC(NC(=O)c2cc3cccc(Cl)c3[nH]2)CC1. The van der Waals surface area contributed by atoms with E-state index in [1.54, 1.807) is 24.0 Å². The molecule has 0 bridgehead atoms. The van der Waals surface area contributed by atoms with Gasteiger partial charge in [0.05, 0.1) is 17.1 Å². The molecule has 0 aliphatic carbocycles. The second-order valence-electron chi connectivity index (χ2n) is 5.82. The number of H-pyrrole nitrogens is 1. The molecule has 6 nitrogen and oxygen atoms in total. The summed E-state index contributed by atoms with van der Waals surface area (Å²) < 4.78 is 4.99. The van der Waals surface area contributed by atoms with Gasteiger partial charge in [-0.15, -0.1) is 0 Å². The zero-order valence-corrected chi connectivity index (χ0v) is 14.2. The molecule has 7 heteroatoms. The Kier molecular flexibility index (Phi) is 4.94. The average Bonchev–Trinajstić information content (AvgIpc) is 3.01. The number of fused-ring (bicyclic) bond motifs is 1. The third-order valence-electron chi connectivity index (χ3n) is 4.21. The van der Waals surface area contributed by atoms with Crippen LogP contribution in [0, 0.1) is 0 Å². The highest BCUT2D eigenvalue weighted by Gasteiger charge is 2.25. The van der Waals surface area contributed by atoms with Gasteiger partial charge in [0, 0.05) is 24.5 Å². The summed E-state index contributed by atoms with van der Waals surface area (Å²) in [7, 11) is 0. The molecule has 1 fully saturated rings. The minimum atomic E-state index is -0.285. The van der Waals surface area contributed by atoms with Gasteiger partial charge in [0.2, 0.25) is 0 Å². The summed E-state index contributed by atoms with van der Waals surface area (Å²) in [6.07, 6.45) is 1.14. The molecule has 0 saturated carbocycles. The number of aromatic nitrogens is 1. The van der Waals surface area contributed by atoms with Crippen LogP contribution in [0.3, 0.4) is 0 Å². The Morgan fingerprint density at radius 1 is 1.38 bits per heavy atom. The monoisotopic (exact) mass is 349 g/mol. The van der Waals surface area contributed by atoms with Gasteiger partial charge in [0.25, 0.3) is 5.91 Å². The predicted molar refractivity (Wildman–Crippen MR) is 92.4 cm³/mol. The van der Waals surface area contributed by atoms with Gasteiger partial charge in [-0.25, -0.2) is 4.79 Å². The number of hydrogen-bond acceptors (Lipinski definition) is 3. The van der Waals surface area contributed by atoms with Gasteiger partial charge in [-0.05, 0) is 31.9 Å². The topological polar surface area (TPSA) is 74.4 Å². The van der Waals surface area contributed by atoms with Crippen molar-refractivity contribution in [3.05, 3.63) is 35.0 Å². The molecule has 2 N–H and O–H groups in total. The van der Waals surface area contributed by atoms with E-state index in [-0.39, 0.29) is 18.0 Å². The Bertz CT molecular complexity index is 751. The fraction of sp³-hybridized carbons (Fsp3) is 0.412. The van der Waals surface area contributed by atoms with Crippen LogP contribution in [0.15, 0.2) is 24.3 Å². The highest BCUT2D eigenvalue weighted by molar-refractivity contribution is 6.35. The first-order chi connectivity index (χ1) is 11.6. The zero-order chi connectivity index (χ0) is 17.1. The summed E-state index contributed by atoms with van der Waals surface area (Å²) in [4.78, 5) is 28.8. The molecule has 24 heavy (non-hydrogen) atoms. The Hall–Kier alpha value is -2.21. The minimum absolute atomic E-state index is 0.0464. The molecular formula is C17H20ClN3O3. The summed E-state index contributed by atoms with van der Waals surface area (Å²) in [6, 6.07) is 7.39. The smallest absolute Gasteiger partial charge is 0.409 e.